The lowest BCUT2D eigenvalue weighted by molar-refractivity contribution is -0.156. The molecule has 1 heterocycles. The number of anilines is 2. The normalized spacial score (nSPS) is 18.7. The Kier molecular flexibility index (Phi) is 3.20. The number of benzene rings is 1. The van der Waals surface area contributed by atoms with Crippen molar-refractivity contribution < 1.29 is 9.53 Å². The molecule has 1 atom stereocenters. The van der Waals surface area contributed by atoms with E-state index in [1.165, 1.54) is 5.56 Å². The molecule has 18 heavy (non-hydrogen) atoms. The van der Waals surface area contributed by atoms with Crippen molar-refractivity contribution in [3.8, 4) is 0 Å². The van der Waals surface area contributed by atoms with Crippen LogP contribution in [0.1, 0.15) is 32.8 Å². The molecule has 98 valence electrons. The summed E-state index contributed by atoms with van der Waals surface area (Å²) in [6.07, 6.45) is 1.62. The Bertz CT molecular complexity index is 463. The predicted molar refractivity (Wildman–Crippen MR) is 72.4 cm³/mol. The van der Waals surface area contributed by atoms with Crippen LogP contribution >= 0.6 is 0 Å². The Hall–Kier alpha value is -1.71. The zero-order valence-corrected chi connectivity index (χ0v) is 11.1. The fraction of sp³-hybridized carbons (Fsp3) is 0.500. The molecule has 0 saturated heterocycles. The van der Waals surface area contributed by atoms with Crippen molar-refractivity contribution >= 4 is 17.3 Å². The number of fused-ring (bicyclic) bond motifs is 1. The highest BCUT2D eigenvalue weighted by Gasteiger charge is 2.28. The van der Waals surface area contributed by atoms with Gasteiger partial charge in [0.1, 0.15) is 11.6 Å². The Morgan fingerprint density at radius 1 is 1.44 bits per heavy atom. The first-order valence-electron chi connectivity index (χ1n) is 6.23. The Morgan fingerprint density at radius 3 is 2.83 bits per heavy atom. The standard InChI is InChI=1S/C14H20N2O2/c1-14(2,3)18-13(17)11-7-5-9-4-6-10(15)8-12(9)16-11/h4,6,8,11,16H,5,7,15H2,1-3H3. The maximum atomic E-state index is 12.0. The topological polar surface area (TPSA) is 64.3 Å². The molecule has 0 amide bonds. The van der Waals surface area contributed by atoms with Crippen LogP contribution in [0.2, 0.25) is 0 Å². The van der Waals surface area contributed by atoms with Crippen molar-refractivity contribution in [3.63, 3.8) is 0 Å². The van der Waals surface area contributed by atoms with Crippen LogP contribution in [0.4, 0.5) is 11.4 Å². The summed E-state index contributed by atoms with van der Waals surface area (Å²) in [6, 6.07) is 5.47. The summed E-state index contributed by atoms with van der Waals surface area (Å²) in [4.78, 5) is 12.0. The molecule has 1 aromatic rings. The molecule has 1 aliphatic rings. The summed E-state index contributed by atoms with van der Waals surface area (Å²) in [6.45, 7) is 5.62. The summed E-state index contributed by atoms with van der Waals surface area (Å²) >= 11 is 0. The second-order valence-electron chi connectivity index (χ2n) is 5.69. The van der Waals surface area contributed by atoms with Gasteiger partial charge in [0.15, 0.2) is 0 Å². The van der Waals surface area contributed by atoms with Gasteiger partial charge in [0.25, 0.3) is 0 Å². The molecule has 1 aliphatic heterocycles. The van der Waals surface area contributed by atoms with Gasteiger partial charge in [-0.25, -0.2) is 4.79 Å². The monoisotopic (exact) mass is 248 g/mol. The molecule has 0 radical (unpaired) electrons. The van der Waals surface area contributed by atoms with E-state index in [2.05, 4.69) is 5.32 Å². The van der Waals surface area contributed by atoms with E-state index in [9.17, 15) is 4.79 Å². The van der Waals surface area contributed by atoms with Crippen molar-refractivity contribution in [2.24, 2.45) is 0 Å². The number of aryl methyl sites for hydroxylation is 1. The third-order valence-electron chi connectivity index (χ3n) is 2.86. The van der Waals surface area contributed by atoms with Crippen LogP contribution in [0.5, 0.6) is 0 Å². The lowest BCUT2D eigenvalue weighted by Gasteiger charge is -2.29. The zero-order chi connectivity index (χ0) is 13.3. The van der Waals surface area contributed by atoms with Crippen LogP contribution in [0.3, 0.4) is 0 Å². The molecular formula is C14H20N2O2. The van der Waals surface area contributed by atoms with Gasteiger partial charge >= 0.3 is 5.97 Å². The van der Waals surface area contributed by atoms with Gasteiger partial charge in [-0.15, -0.1) is 0 Å². The number of hydrogen-bond acceptors (Lipinski definition) is 4. The summed E-state index contributed by atoms with van der Waals surface area (Å²) in [7, 11) is 0. The fourth-order valence-corrected chi connectivity index (χ4v) is 2.06. The van der Waals surface area contributed by atoms with Crippen LogP contribution in [-0.2, 0) is 16.0 Å². The molecule has 0 aliphatic carbocycles. The second kappa shape index (κ2) is 4.52. The van der Waals surface area contributed by atoms with Crippen molar-refractivity contribution in [2.75, 3.05) is 11.1 Å². The van der Waals surface area contributed by atoms with Gasteiger partial charge in [-0.2, -0.15) is 0 Å². The molecule has 1 unspecified atom stereocenters. The molecule has 4 nitrogen and oxygen atoms in total. The molecule has 0 aromatic heterocycles. The molecule has 0 bridgehead atoms. The molecule has 2 rings (SSSR count). The number of ether oxygens (including phenoxy) is 1. The quantitative estimate of drug-likeness (QED) is 0.591. The predicted octanol–water partition coefficient (Wildman–Crippen LogP) is 2.34. The highest BCUT2D eigenvalue weighted by Crippen LogP contribution is 2.27. The number of nitrogens with one attached hydrogen (secondary N) is 1. The molecule has 1 aromatic carbocycles. The van der Waals surface area contributed by atoms with Crippen molar-refractivity contribution in [1.82, 2.24) is 0 Å². The first-order valence-corrected chi connectivity index (χ1v) is 6.23. The minimum Gasteiger partial charge on any atom is -0.458 e. The van der Waals surface area contributed by atoms with Gasteiger partial charge in [0.05, 0.1) is 0 Å². The van der Waals surface area contributed by atoms with E-state index in [0.717, 1.165) is 18.5 Å². The third kappa shape index (κ3) is 2.94. The second-order valence-corrected chi connectivity index (χ2v) is 5.69. The molecule has 4 heteroatoms. The highest BCUT2D eigenvalue weighted by molar-refractivity contribution is 5.81. The number of nitrogens with two attached hydrogens (primary N) is 1. The molecular weight excluding hydrogens is 228 g/mol. The van der Waals surface area contributed by atoms with Crippen molar-refractivity contribution in [2.45, 2.75) is 45.3 Å². The average molecular weight is 248 g/mol. The number of carbonyl (C=O) groups excluding carboxylic acids is 1. The van der Waals surface area contributed by atoms with Gasteiger partial charge in [-0.3, -0.25) is 0 Å². The largest absolute Gasteiger partial charge is 0.458 e. The number of hydrogen-bond donors (Lipinski definition) is 2. The van der Waals surface area contributed by atoms with E-state index in [1.54, 1.807) is 0 Å². The van der Waals surface area contributed by atoms with E-state index >= 15 is 0 Å². The van der Waals surface area contributed by atoms with E-state index in [4.69, 9.17) is 10.5 Å². The molecule has 0 saturated carbocycles. The first kappa shape index (κ1) is 12.7. The summed E-state index contributed by atoms with van der Waals surface area (Å²) < 4.78 is 5.39. The zero-order valence-electron chi connectivity index (χ0n) is 11.1. The van der Waals surface area contributed by atoms with E-state index in [0.29, 0.717) is 5.69 Å². The van der Waals surface area contributed by atoms with Gasteiger partial charge in [-0.05, 0) is 51.3 Å². The maximum absolute atomic E-state index is 12.0. The van der Waals surface area contributed by atoms with E-state index in [-0.39, 0.29) is 12.0 Å². The number of nitrogen functional groups attached to an aromatic ring is 1. The van der Waals surface area contributed by atoms with Crippen molar-refractivity contribution in [1.29, 1.82) is 0 Å². The number of esters is 1. The molecule has 0 fully saturated rings. The third-order valence-corrected chi connectivity index (χ3v) is 2.86. The minimum atomic E-state index is -0.450. The highest BCUT2D eigenvalue weighted by atomic mass is 16.6. The molecule has 3 N–H and O–H groups in total. The van der Waals surface area contributed by atoms with Crippen LogP contribution in [0.25, 0.3) is 0 Å². The first-order chi connectivity index (χ1) is 8.35. The maximum Gasteiger partial charge on any atom is 0.329 e. The summed E-state index contributed by atoms with van der Waals surface area (Å²) in [5.74, 6) is -0.199. The summed E-state index contributed by atoms with van der Waals surface area (Å²) in [5, 5.41) is 3.21. The van der Waals surface area contributed by atoms with Gasteiger partial charge < -0.3 is 15.8 Å². The number of rotatable bonds is 1. The lowest BCUT2D eigenvalue weighted by atomic mass is 9.97. The minimum absolute atomic E-state index is 0.199. The Balaban J connectivity index is 2.09. The smallest absolute Gasteiger partial charge is 0.329 e. The SMILES string of the molecule is CC(C)(C)OC(=O)C1CCc2ccc(N)cc2N1. The lowest BCUT2D eigenvalue weighted by Crippen LogP contribution is -2.38. The van der Waals surface area contributed by atoms with Crippen LogP contribution in [0.15, 0.2) is 18.2 Å². The van der Waals surface area contributed by atoms with E-state index < -0.39 is 5.60 Å². The van der Waals surface area contributed by atoms with E-state index in [1.807, 2.05) is 39.0 Å². The molecule has 0 spiro atoms. The van der Waals surface area contributed by atoms with Gasteiger partial charge in [-0.1, -0.05) is 6.07 Å². The number of carbonyl (C=O) groups is 1. The average Bonchev–Trinajstić information content (AvgIpc) is 2.25. The Labute approximate surface area is 108 Å². The Morgan fingerprint density at radius 2 is 2.17 bits per heavy atom. The van der Waals surface area contributed by atoms with Crippen molar-refractivity contribution in [3.05, 3.63) is 23.8 Å². The summed E-state index contributed by atoms with van der Waals surface area (Å²) in [5.41, 5.74) is 8.14. The van der Waals surface area contributed by atoms with Gasteiger partial charge in [0, 0.05) is 11.4 Å². The van der Waals surface area contributed by atoms with Gasteiger partial charge in [0.2, 0.25) is 0 Å². The van der Waals surface area contributed by atoms with Crippen LogP contribution in [-0.4, -0.2) is 17.6 Å². The van der Waals surface area contributed by atoms with Crippen LogP contribution < -0.4 is 11.1 Å². The fourth-order valence-electron chi connectivity index (χ4n) is 2.06. The van der Waals surface area contributed by atoms with Crippen LogP contribution in [0, 0.1) is 0 Å².